The molecule has 0 spiro atoms. The molecule has 38 heavy (non-hydrogen) atoms. The normalized spacial score (nSPS) is 16.9. The molecule has 1 fully saturated rings. The number of ether oxygens (including phenoxy) is 1. The van der Waals surface area contributed by atoms with E-state index in [1.165, 1.54) is 18.2 Å². The highest BCUT2D eigenvalue weighted by Crippen LogP contribution is 2.46. The minimum atomic E-state index is -0.705. The van der Waals surface area contributed by atoms with Crippen molar-refractivity contribution >= 4 is 81.5 Å². The van der Waals surface area contributed by atoms with Crippen LogP contribution in [0.25, 0.3) is 0 Å². The van der Waals surface area contributed by atoms with Gasteiger partial charge in [-0.1, -0.05) is 64.1 Å². The average Bonchev–Trinajstić information content (AvgIpc) is 3.39. The molecule has 0 radical (unpaired) electrons. The van der Waals surface area contributed by atoms with Crippen LogP contribution in [0.15, 0.2) is 42.5 Å². The molecule has 0 saturated carbocycles. The molecular formula is C27H18Cl4N2O5. The molecule has 2 heterocycles. The third kappa shape index (κ3) is 4.33. The van der Waals surface area contributed by atoms with Crippen molar-refractivity contribution in [2.75, 3.05) is 16.3 Å². The van der Waals surface area contributed by atoms with E-state index >= 15 is 0 Å². The number of nitrogens with zero attached hydrogens (tertiary/aromatic N) is 2. The van der Waals surface area contributed by atoms with Crippen LogP contribution >= 0.6 is 46.4 Å². The Hall–Kier alpha value is -3.10. The Kier molecular flexibility index (Phi) is 6.90. The van der Waals surface area contributed by atoms with Crippen LogP contribution in [0.5, 0.6) is 5.75 Å². The average molecular weight is 592 g/mol. The largest absolute Gasteiger partial charge is 0.426 e. The molecule has 0 N–H and O–H groups in total. The van der Waals surface area contributed by atoms with Gasteiger partial charge < -0.3 is 9.64 Å². The summed E-state index contributed by atoms with van der Waals surface area (Å²) in [5.74, 6) is -2.56. The fourth-order valence-corrected chi connectivity index (χ4v) is 5.56. The zero-order valence-corrected chi connectivity index (χ0v) is 23.0. The molecule has 7 nitrogen and oxygen atoms in total. The lowest BCUT2D eigenvalue weighted by Gasteiger charge is -2.18. The topological polar surface area (TPSA) is 84.0 Å². The lowest BCUT2D eigenvalue weighted by molar-refractivity contribution is -0.139. The molecule has 3 aromatic rings. The van der Waals surface area contributed by atoms with E-state index in [2.05, 4.69) is 0 Å². The minimum Gasteiger partial charge on any atom is -0.426 e. The Morgan fingerprint density at radius 3 is 1.97 bits per heavy atom. The van der Waals surface area contributed by atoms with Crippen molar-refractivity contribution in [2.45, 2.75) is 20.3 Å². The van der Waals surface area contributed by atoms with Gasteiger partial charge in [-0.25, -0.2) is 4.90 Å². The van der Waals surface area contributed by atoms with E-state index in [4.69, 9.17) is 51.1 Å². The number of benzene rings is 3. The van der Waals surface area contributed by atoms with Crippen LogP contribution in [-0.2, 0) is 9.59 Å². The molecular weight excluding hydrogens is 574 g/mol. The fourth-order valence-electron chi connectivity index (χ4n) is 4.55. The zero-order valence-electron chi connectivity index (χ0n) is 20.0. The summed E-state index contributed by atoms with van der Waals surface area (Å²) >= 11 is 24.6. The van der Waals surface area contributed by atoms with Gasteiger partial charge in [-0.2, -0.15) is 0 Å². The fraction of sp³-hybridized carbons (Fsp3) is 0.185. The molecule has 0 unspecified atom stereocenters. The molecule has 5 rings (SSSR count). The van der Waals surface area contributed by atoms with E-state index in [1.54, 1.807) is 11.8 Å². The number of imide groups is 1. The van der Waals surface area contributed by atoms with Crippen molar-refractivity contribution in [3.8, 4) is 5.75 Å². The number of fused-ring (bicyclic) bond motifs is 1. The zero-order chi connectivity index (χ0) is 27.5. The lowest BCUT2D eigenvalue weighted by atomic mass is 10.1. The second-order valence-corrected chi connectivity index (χ2v) is 10.6. The maximum absolute atomic E-state index is 13.2. The van der Waals surface area contributed by atoms with Gasteiger partial charge in [0.15, 0.2) is 0 Å². The van der Waals surface area contributed by atoms with Crippen molar-refractivity contribution in [3.63, 3.8) is 0 Å². The Morgan fingerprint density at radius 2 is 1.42 bits per heavy atom. The number of halogens is 4. The Morgan fingerprint density at radius 1 is 0.842 bits per heavy atom. The summed E-state index contributed by atoms with van der Waals surface area (Å²) in [5.41, 5.74) is 2.25. The van der Waals surface area contributed by atoms with Crippen LogP contribution in [0.3, 0.4) is 0 Å². The predicted molar refractivity (Wildman–Crippen MR) is 146 cm³/mol. The number of aryl methyl sites for hydroxylation is 2. The van der Waals surface area contributed by atoms with E-state index < -0.39 is 23.7 Å². The summed E-state index contributed by atoms with van der Waals surface area (Å²) in [6, 6.07) is 11.9. The van der Waals surface area contributed by atoms with Crippen LogP contribution in [-0.4, -0.2) is 30.2 Å². The number of hydrogen-bond acceptors (Lipinski definition) is 5. The summed E-state index contributed by atoms with van der Waals surface area (Å²) in [5, 5.41) is -0.562. The highest BCUT2D eigenvalue weighted by Gasteiger charge is 2.43. The first-order valence-electron chi connectivity index (χ1n) is 11.4. The van der Waals surface area contributed by atoms with Crippen molar-refractivity contribution in [1.29, 1.82) is 0 Å². The van der Waals surface area contributed by atoms with Crippen molar-refractivity contribution in [2.24, 2.45) is 5.92 Å². The van der Waals surface area contributed by atoms with E-state index in [-0.39, 0.29) is 61.5 Å². The first kappa shape index (κ1) is 26.5. The summed E-state index contributed by atoms with van der Waals surface area (Å²) in [6.07, 6.45) is 0.0332. The first-order chi connectivity index (χ1) is 18.0. The number of amides is 3. The predicted octanol–water partition coefficient (Wildman–Crippen LogP) is 6.68. The molecule has 2 aliphatic heterocycles. The quantitative estimate of drug-likeness (QED) is 0.111. The number of anilines is 2. The van der Waals surface area contributed by atoms with Crippen molar-refractivity contribution in [1.82, 2.24) is 0 Å². The maximum Gasteiger partial charge on any atom is 0.316 e. The number of esters is 1. The molecule has 11 heteroatoms. The number of rotatable bonds is 4. The molecule has 3 amide bonds. The Balaban J connectivity index is 1.35. The molecule has 0 bridgehead atoms. The molecule has 1 saturated heterocycles. The third-order valence-corrected chi connectivity index (χ3v) is 8.33. The van der Waals surface area contributed by atoms with Gasteiger partial charge in [0.1, 0.15) is 5.75 Å². The van der Waals surface area contributed by atoms with E-state index in [0.717, 1.165) is 16.2 Å². The van der Waals surface area contributed by atoms with Gasteiger partial charge >= 0.3 is 5.97 Å². The number of hydrogen-bond donors (Lipinski definition) is 0. The summed E-state index contributed by atoms with van der Waals surface area (Å²) in [4.78, 5) is 54.2. The summed E-state index contributed by atoms with van der Waals surface area (Å²) in [6.45, 7) is 3.81. The second kappa shape index (κ2) is 9.89. The highest BCUT2D eigenvalue weighted by molar-refractivity contribution is 6.56. The van der Waals surface area contributed by atoms with Gasteiger partial charge in [0.2, 0.25) is 5.91 Å². The third-order valence-electron chi connectivity index (χ3n) is 6.53. The highest BCUT2D eigenvalue weighted by atomic mass is 35.5. The van der Waals surface area contributed by atoms with Gasteiger partial charge in [-0.3, -0.25) is 19.2 Å². The van der Waals surface area contributed by atoms with E-state index in [0.29, 0.717) is 5.56 Å². The van der Waals surface area contributed by atoms with Crippen molar-refractivity contribution in [3.05, 3.63) is 84.8 Å². The van der Waals surface area contributed by atoms with Crippen LogP contribution in [0, 0.1) is 19.8 Å². The van der Waals surface area contributed by atoms with Gasteiger partial charge in [0.25, 0.3) is 11.8 Å². The lowest BCUT2D eigenvalue weighted by Crippen LogP contribution is -2.30. The molecule has 0 aromatic heterocycles. The van der Waals surface area contributed by atoms with Crippen LogP contribution < -0.4 is 14.5 Å². The van der Waals surface area contributed by atoms with Crippen LogP contribution in [0.1, 0.15) is 38.3 Å². The molecule has 1 atom stereocenters. The van der Waals surface area contributed by atoms with Gasteiger partial charge in [0.05, 0.1) is 42.8 Å². The smallest absolute Gasteiger partial charge is 0.316 e. The Labute approximate surface area is 237 Å². The molecule has 2 aliphatic rings. The molecule has 0 aliphatic carbocycles. The van der Waals surface area contributed by atoms with E-state index in [9.17, 15) is 19.2 Å². The SMILES string of the molecule is Cc1ccc(N2C[C@@H](C(=O)Oc3ccc(N4C(=O)c5c(Cl)c(Cl)c(Cl)c(Cl)c5C4=O)c(C)c3)CC2=O)cc1. The van der Waals surface area contributed by atoms with Crippen LogP contribution in [0.4, 0.5) is 11.4 Å². The molecule has 3 aromatic carbocycles. The van der Waals surface area contributed by atoms with Crippen LogP contribution in [0.2, 0.25) is 20.1 Å². The summed E-state index contributed by atoms with van der Waals surface area (Å²) in [7, 11) is 0. The first-order valence-corrected chi connectivity index (χ1v) is 12.9. The maximum atomic E-state index is 13.2. The standard InChI is InChI=1S/C27H18Cl4N2O5/c1-12-3-5-15(6-4-12)32-11-14(10-18(32)34)27(37)38-16-7-8-17(13(2)9-16)33-25(35)19-20(26(33)36)22(29)24(31)23(30)21(19)28/h3-9,14H,10-11H2,1-2H3/t14-/m0/s1. The molecule has 194 valence electrons. The van der Waals surface area contributed by atoms with Gasteiger partial charge in [0, 0.05) is 18.7 Å². The van der Waals surface area contributed by atoms with E-state index in [1.807, 2.05) is 31.2 Å². The van der Waals surface area contributed by atoms with Gasteiger partial charge in [-0.05, 0) is 49.7 Å². The summed E-state index contributed by atoms with van der Waals surface area (Å²) < 4.78 is 5.55. The van der Waals surface area contributed by atoms with Crippen molar-refractivity contribution < 1.29 is 23.9 Å². The number of carbonyl (C=O) groups is 4. The monoisotopic (exact) mass is 590 g/mol. The Bertz CT molecular complexity index is 1510. The minimum absolute atomic E-state index is 0.0332. The van der Waals surface area contributed by atoms with Gasteiger partial charge in [-0.15, -0.1) is 0 Å². The second-order valence-electron chi connectivity index (χ2n) is 9.06. The number of carbonyl (C=O) groups excluding carboxylic acids is 4.